The molecule has 32 heavy (non-hydrogen) atoms. The van der Waals surface area contributed by atoms with E-state index >= 15 is 0 Å². The molecule has 0 bridgehead atoms. The first-order valence-corrected chi connectivity index (χ1v) is 12.3. The molecule has 3 N–H and O–H groups in total. The van der Waals surface area contributed by atoms with Gasteiger partial charge in [-0.05, 0) is 37.8 Å². The minimum absolute atomic E-state index is 0.296. The summed E-state index contributed by atoms with van der Waals surface area (Å²) in [6, 6.07) is 8.43. The second-order valence-electron chi connectivity index (χ2n) is 8.95. The smallest absolute Gasteiger partial charge is 0.225 e. The Morgan fingerprint density at radius 1 is 1.12 bits per heavy atom. The molecule has 0 atom stereocenters. The van der Waals surface area contributed by atoms with Crippen LogP contribution in [0, 0.1) is 5.92 Å². The van der Waals surface area contributed by atoms with Crippen LogP contribution in [0.1, 0.15) is 38.2 Å². The third-order valence-electron chi connectivity index (χ3n) is 6.78. The summed E-state index contributed by atoms with van der Waals surface area (Å²) in [4.78, 5) is 25.2. The number of fused-ring (bicyclic) bond motifs is 1. The lowest BCUT2D eigenvalue weighted by Gasteiger charge is -2.35. The number of aliphatic imine (C=N–C) groups is 1. The molecule has 174 valence electrons. The molecule has 1 aromatic heterocycles. The molecular formula is C25H38N6O. The Labute approximate surface area is 191 Å². The second-order valence-corrected chi connectivity index (χ2v) is 8.95. The van der Waals surface area contributed by atoms with Crippen molar-refractivity contribution in [3.63, 3.8) is 0 Å². The highest BCUT2D eigenvalue weighted by molar-refractivity contribution is 5.83. The Balaban J connectivity index is 1.18. The lowest BCUT2D eigenvalue weighted by Crippen LogP contribution is -2.50. The minimum atomic E-state index is 0.296. The zero-order valence-corrected chi connectivity index (χ0v) is 19.4. The fraction of sp³-hybridized carbons (Fsp3) is 0.600. The first-order valence-electron chi connectivity index (χ1n) is 12.3. The number of hydrogen-bond acceptors (Lipinski definition) is 3. The second kappa shape index (κ2) is 11.4. The van der Waals surface area contributed by atoms with E-state index in [0.717, 1.165) is 77.6 Å². The van der Waals surface area contributed by atoms with Crippen LogP contribution in [0.5, 0.6) is 0 Å². The Bertz CT molecular complexity index is 893. The molecule has 2 heterocycles. The molecule has 4 rings (SSSR count). The fourth-order valence-corrected chi connectivity index (χ4v) is 4.92. The van der Waals surface area contributed by atoms with Crippen molar-refractivity contribution in [2.45, 2.75) is 39.0 Å². The molecule has 0 unspecified atom stereocenters. The van der Waals surface area contributed by atoms with E-state index in [-0.39, 0.29) is 0 Å². The van der Waals surface area contributed by atoms with E-state index in [1.807, 2.05) is 0 Å². The zero-order chi connectivity index (χ0) is 22.2. The number of hydrogen-bond donors (Lipinski definition) is 3. The maximum Gasteiger partial charge on any atom is 0.225 e. The fourth-order valence-electron chi connectivity index (χ4n) is 4.92. The number of nitrogens with one attached hydrogen (secondary N) is 3. The molecule has 2 fully saturated rings. The average Bonchev–Trinajstić information content (AvgIpc) is 3.50. The van der Waals surface area contributed by atoms with Crippen molar-refractivity contribution in [2.24, 2.45) is 10.9 Å². The quantitative estimate of drug-likeness (QED) is 0.437. The summed E-state index contributed by atoms with van der Waals surface area (Å²) in [5.74, 6) is 1.57. The maximum atomic E-state index is 12.6. The van der Waals surface area contributed by atoms with Crippen LogP contribution in [0.4, 0.5) is 0 Å². The van der Waals surface area contributed by atoms with Crippen LogP contribution in [0.15, 0.2) is 35.5 Å². The van der Waals surface area contributed by atoms with Crippen molar-refractivity contribution < 1.29 is 4.79 Å². The first kappa shape index (κ1) is 22.6. The van der Waals surface area contributed by atoms with Gasteiger partial charge in [0.05, 0.1) is 6.54 Å². The summed E-state index contributed by atoms with van der Waals surface area (Å²) in [5, 5.41) is 8.11. The summed E-state index contributed by atoms with van der Waals surface area (Å²) in [5.41, 5.74) is 2.52. The van der Waals surface area contributed by atoms with E-state index in [0.29, 0.717) is 11.8 Å². The predicted octanol–water partition coefficient (Wildman–Crippen LogP) is 2.60. The van der Waals surface area contributed by atoms with Gasteiger partial charge in [-0.2, -0.15) is 0 Å². The molecule has 1 aromatic carbocycles. The highest BCUT2D eigenvalue weighted by Crippen LogP contribution is 2.26. The van der Waals surface area contributed by atoms with E-state index in [9.17, 15) is 4.79 Å². The molecule has 1 aliphatic heterocycles. The lowest BCUT2D eigenvalue weighted by atomic mass is 10.1. The number of nitrogens with zero attached hydrogens (tertiary/aromatic N) is 3. The summed E-state index contributed by atoms with van der Waals surface area (Å²) >= 11 is 0. The highest BCUT2D eigenvalue weighted by atomic mass is 16.2. The molecule has 7 heteroatoms. The van der Waals surface area contributed by atoms with Gasteiger partial charge in [0.25, 0.3) is 0 Å². The molecule has 2 aliphatic rings. The van der Waals surface area contributed by atoms with E-state index in [2.05, 4.69) is 62.8 Å². The van der Waals surface area contributed by atoms with E-state index in [1.54, 1.807) is 0 Å². The molecule has 1 saturated heterocycles. The number of piperazine rings is 1. The number of aromatic nitrogens is 1. The van der Waals surface area contributed by atoms with Gasteiger partial charge in [0.1, 0.15) is 0 Å². The first-order chi connectivity index (χ1) is 15.7. The predicted molar refractivity (Wildman–Crippen MR) is 131 cm³/mol. The number of rotatable bonds is 8. The number of carbonyl (C=O) groups excluding carboxylic acids is 1. The van der Waals surface area contributed by atoms with Crippen molar-refractivity contribution in [3.8, 4) is 0 Å². The normalized spacial score (nSPS) is 18.4. The summed E-state index contributed by atoms with van der Waals surface area (Å²) < 4.78 is 0. The van der Waals surface area contributed by atoms with E-state index in [1.165, 1.54) is 29.3 Å². The Morgan fingerprint density at radius 2 is 1.91 bits per heavy atom. The number of guanidine groups is 1. The lowest BCUT2D eigenvalue weighted by molar-refractivity contribution is -0.137. The molecule has 1 amide bonds. The minimum Gasteiger partial charge on any atom is -0.361 e. The number of aromatic amines is 1. The van der Waals surface area contributed by atoms with Crippen LogP contribution in [-0.4, -0.2) is 79.0 Å². The van der Waals surface area contributed by atoms with Gasteiger partial charge in [0.15, 0.2) is 5.96 Å². The third-order valence-corrected chi connectivity index (χ3v) is 6.78. The summed E-state index contributed by atoms with van der Waals surface area (Å²) in [6.45, 7) is 9.12. The topological polar surface area (TPSA) is 75.8 Å². The van der Waals surface area contributed by atoms with Crippen molar-refractivity contribution in [1.82, 2.24) is 25.4 Å². The monoisotopic (exact) mass is 438 g/mol. The van der Waals surface area contributed by atoms with Crippen LogP contribution < -0.4 is 10.6 Å². The maximum absolute atomic E-state index is 12.6. The van der Waals surface area contributed by atoms with Crippen LogP contribution in [0.2, 0.25) is 0 Å². The summed E-state index contributed by atoms with van der Waals surface area (Å²) in [7, 11) is 0. The van der Waals surface area contributed by atoms with Gasteiger partial charge in [-0.25, -0.2) is 0 Å². The number of amides is 1. The van der Waals surface area contributed by atoms with E-state index < -0.39 is 0 Å². The number of H-pyrrole nitrogens is 1. The van der Waals surface area contributed by atoms with Gasteiger partial charge in [-0.3, -0.25) is 14.7 Å². The van der Waals surface area contributed by atoms with Gasteiger partial charge in [-0.15, -0.1) is 0 Å². The molecule has 0 spiro atoms. The Hall–Kier alpha value is -2.54. The van der Waals surface area contributed by atoms with Gasteiger partial charge >= 0.3 is 0 Å². The molecular weight excluding hydrogens is 400 g/mol. The van der Waals surface area contributed by atoms with Crippen molar-refractivity contribution >= 4 is 22.8 Å². The number of carbonyl (C=O) groups is 1. The van der Waals surface area contributed by atoms with Gasteiger partial charge in [-0.1, -0.05) is 31.0 Å². The Kier molecular flexibility index (Phi) is 8.04. The molecule has 0 radical (unpaired) electrons. The van der Waals surface area contributed by atoms with Crippen LogP contribution >= 0.6 is 0 Å². The van der Waals surface area contributed by atoms with Crippen LogP contribution in [0.25, 0.3) is 10.9 Å². The largest absolute Gasteiger partial charge is 0.361 e. The molecule has 7 nitrogen and oxygen atoms in total. The molecule has 1 aliphatic carbocycles. The average molecular weight is 439 g/mol. The van der Waals surface area contributed by atoms with Crippen molar-refractivity contribution in [2.75, 3.05) is 52.4 Å². The highest BCUT2D eigenvalue weighted by Gasteiger charge is 2.29. The summed E-state index contributed by atoms with van der Waals surface area (Å²) in [6.07, 6.45) is 7.68. The third kappa shape index (κ3) is 5.82. The van der Waals surface area contributed by atoms with Crippen molar-refractivity contribution in [1.29, 1.82) is 0 Å². The van der Waals surface area contributed by atoms with Crippen LogP contribution in [0.3, 0.4) is 0 Å². The van der Waals surface area contributed by atoms with Gasteiger partial charge in [0, 0.05) is 68.8 Å². The standard InChI is InChI=1S/C25H38N6O/c1-2-26-25(27-12-11-21-19-29-23-10-6-5-9-22(21)23)28-13-14-30-15-17-31(18-16-30)24(32)20-7-3-4-8-20/h5-6,9-10,19-20,29H,2-4,7-8,11-18H2,1H3,(H2,26,27,28). The Morgan fingerprint density at radius 3 is 2.69 bits per heavy atom. The number of para-hydroxylation sites is 1. The van der Waals surface area contributed by atoms with Crippen LogP contribution in [-0.2, 0) is 11.2 Å². The van der Waals surface area contributed by atoms with E-state index in [4.69, 9.17) is 4.99 Å². The molecule has 2 aromatic rings. The SMILES string of the molecule is CCNC(=NCCN1CCN(C(=O)C2CCCC2)CC1)NCCc1c[nH]c2ccccc12. The zero-order valence-electron chi connectivity index (χ0n) is 19.4. The number of benzene rings is 1. The molecule has 1 saturated carbocycles. The van der Waals surface area contributed by atoms with Gasteiger partial charge < -0.3 is 20.5 Å². The van der Waals surface area contributed by atoms with Crippen molar-refractivity contribution in [3.05, 3.63) is 36.0 Å². The van der Waals surface area contributed by atoms with Gasteiger partial charge in [0.2, 0.25) is 5.91 Å².